The number of nitrogens with zero attached hydrogens (tertiary/aromatic N) is 1. The minimum absolute atomic E-state index is 0.716. The van der Waals surface area contributed by atoms with E-state index in [-0.39, 0.29) is 0 Å². The molecular formula is C16H20N2OS. The molecule has 1 aliphatic rings. The molecule has 3 rings (SSSR count). The number of nitrogens with one attached hydrogen (secondary N) is 1. The SMILES string of the molecule is CNCc1sc(Cc2cccc(OC)c2)nc1C1CC1. The highest BCUT2D eigenvalue weighted by Crippen LogP contribution is 2.42. The molecular weight excluding hydrogens is 268 g/mol. The fourth-order valence-corrected chi connectivity index (χ4v) is 3.61. The number of hydrogen-bond donors (Lipinski definition) is 1. The number of ether oxygens (including phenoxy) is 1. The molecule has 0 amide bonds. The molecule has 2 aromatic rings. The van der Waals surface area contributed by atoms with Crippen molar-refractivity contribution in [1.29, 1.82) is 0 Å². The molecule has 1 saturated carbocycles. The largest absolute Gasteiger partial charge is 0.497 e. The molecule has 0 atom stereocenters. The third-order valence-electron chi connectivity index (χ3n) is 3.56. The van der Waals surface area contributed by atoms with Gasteiger partial charge in [0.05, 0.1) is 17.8 Å². The second-order valence-corrected chi connectivity index (χ2v) is 6.42. The molecule has 0 spiro atoms. The van der Waals surface area contributed by atoms with Crippen molar-refractivity contribution in [3.8, 4) is 5.75 Å². The summed E-state index contributed by atoms with van der Waals surface area (Å²) in [6.45, 7) is 0.932. The molecule has 1 aliphatic carbocycles. The van der Waals surface area contributed by atoms with Gasteiger partial charge < -0.3 is 10.1 Å². The molecule has 0 radical (unpaired) electrons. The van der Waals surface area contributed by atoms with Crippen molar-refractivity contribution in [2.45, 2.75) is 31.7 Å². The quantitative estimate of drug-likeness (QED) is 0.885. The summed E-state index contributed by atoms with van der Waals surface area (Å²) in [5.74, 6) is 1.63. The summed E-state index contributed by atoms with van der Waals surface area (Å²) >= 11 is 1.85. The molecule has 1 heterocycles. The van der Waals surface area contributed by atoms with Gasteiger partial charge in [0.2, 0.25) is 0 Å². The Balaban J connectivity index is 1.81. The molecule has 1 fully saturated rings. The van der Waals surface area contributed by atoms with Crippen LogP contribution in [-0.4, -0.2) is 19.1 Å². The van der Waals surface area contributed by atoms with E-state index < -0.39 is 0 Å². The van der Waals surface area contributed by atoms with Crippen molar-refractivity contribution in [3.63, 3.8) is 0 Å². The maximum absolute atomic E-state index is 5.28. The Bertz CT molecular complexity index is 590. The standard InChI is InChI=1S/C16H20N2OS/c1-17-10-14-16(12-6-7-12)18-15(20-14)9-11-4-3-5-13(8-11)19-2/h3-5,8,12,17H,6-7,9-10H2,1-2H3. The third-order valence-corrected chi connectivity index (χ3v) is 4.63. The monoisotopic (exact) mass is 288 g/mol. The van der Waals surface area contributed by atoms with Gasteiger partial charge in [-0.2, -0.15) is 0 Å². The Morgan fingerprint density at radius 1 is 1.40 bits per heavy atom. The number of methoxy groups -OCH3 is 1. The number of thiazole rings is 1. The summed E-state index contributed by atoms with van der Waals surface area (Å²) in [6, 6.07) is 8.25. The first-order valence-electron chi connectivity index (χ1n) is 7.06. The Morgan fingerprint density at radius 2 is 2.25 bits per heavy atom. The lowest BCUT2D eigenvalue weighted by atomic mass is 10.1. The number of hydrogen-bond acceptors (Lipinski definition) is 4. The fourth-order valence-electron chi connectivity index (χ4n) is 2.41. The molecule has 1 aromatic heterocycles. The van der Waals surface area contributed by atoms with E-state index in [4.69, 9.17) is 9.72 Å². The van der Waals surface area contributed by atoms with Crippen LogP contribution in [0.25, 0.3) is 0 Å². The van der Waals surface area contributed by atoms with Crippen molar-refractivity contribution in [2.75, 3.05) is 14.2 Å². The molecule has 0 bridgehead atoms. The van der Waals surface area contributed by atoms with Gasteiger partial charge in [-0.3, -0.25) is 0 Å². The third kappa shape index (κ3) is 3.02. The van der Waals surface area contributed by atoms with Crippen LogP contribution in [0, 0.1) is 0 Å². The van der Waals surface area contributed by atoms with Crippen LogP contribution in [0.1, 0.15) is 39.9 Å². The minimum atomic E-state index is 0.716. The van der Waals surface area contributed by atoms with E-state index in [1.807, 2.05) is 30.5 Å². The van der Waals surface area contributed by atoms with Crippen LogP contribution >= 0.6 is 11.3 Å². The van der Waals surface area contributed by atoms with Gasteiger partial charge in [-0.05, 0) is 37.6 Å². The highest BCUT2D eigenvalue weighted by Gasteiger charge is 2.29. The topological polar surface area (TPSA) is 34.1 Å². The zero-order chi connectivity index (χ0) is 13.9. The van der Waals surface area contributed by atoms with E-state index in [0.29, 0.717) is 5.92 Å². The lowest BCUT2D eigenvalue weighted by molar-refractivity contribution is 0.414. The van der Waals surface area contributed by atoms with E-state index in [0.717, 1.165) is 18.7 Å². The second kappa shape index (κ2) is 5.94. The lowest BCUT2D eigenvalue weighted by Crippen LogP contribution is -2.05. The van der Waals surface area contributed by atoms with Gasteiger partial charge in [0.15, 0.2) is 0 Å². The van der Waals surface area contributed by atoms with Crippen LogP contribution in [-0.2, 0) is 13.0 Å². The average molecular weight is 288 g/mol. The van der Waals surface area contributed by atoms with Gasteiger partial charge in [-0.15, -0.1) is 11.3 Å². The predicted molar refractivity (Wildman–Crippen MR) is 82.7 cm³/mol. The Kier molecular flexibility index (Phi) is 4.03. The summed E-state index contributed by atoms with van der Waals surface area (Å²) in [5.41, 5.74) is 2.60. The molecule has 0 aliphatic heterocycles. The van der Waals surface area contributed by atoms with Gasteiger partial charge in [0.25, 0.3) is 0 Å². The van der Waals surface area contributed by atoms with E-state index >= 15 is 0 Å². The smallest absolute Gasteiger partial charge is 0.119 e. The fraction of sp³-hybridized carbons (Fsp3) is 0.438. The predicted octanol–water partition coefficient (Wildman–Crippen LogP) is 3.34. The van der Waals surface area contributed by atoms with E-state index in [9.17, 15) is 0 Å². The summed E-state index contributed by atoms with van der Waals surface area (Å²) in [5, 5.41) is 4.47. The van der Waals surface area contributed by atoms with Gasteiger partial charge in [-0.25, -0.2) is 4.98 Å². The van der Waals surface area contributed by atoms with Crippen molar-refractivity contribution in [3.05, 3.63) is 45.4 Å². The molecule has 3 nitrogen and oxygen atoms in total. The van der Waals surface area contributed by atoms with Crippen molar-refractivity contribution < 1.29 is 4.74 Å². The Labute approximate surface area is 124 Å². The van der Waals surface area contributed by atoms with Gasteiger partial charge in [0, 0.05) is 23.8 Å². The van der Waals surface area contributed by atoms with Crippen molar-refractivity contribution in [2.24, 2.45) is 0 Å². The highest BCUT2D eigenvalue weighted by atomic mass is 32.1. The van der Waals surface area contributed by atoms with Crippen molar-refractivity contribution >= 4 is 11.3 Å². The van der Waals surface area contributed by atoms with E-state index in [2.05, 4.69) is 17.4 Å². The maximum atomic E-state index is 5.28. The molecule has 0 unspecified atom stereocenters. The Hall–Kier alpha value is -1.39. The van der Waals surface area contributed by atoms with Gasteiger partial charge in [-0.1, -0.05) is 12.1 Å². The molecule has 0 saturated heterocycles. The molecule has 1 aromatic carbocycles. The van der Waals surface area contributed by atoms with Crippen LogP contribution in [0.4, 0.5) is 0 Å². The molecule has 20 heavy (non-hydrogen) atoms. The van der Waals surface area contributed by atoms with Crippen molar-refractivity contribution in [1.82, 2.24) is 10.3 Å². The van der Waals surface area contributed by atoms with Gasteiger partial charge >= 0.3 is 0 Å². The molecule has 106 valence electrons. The first-order valence-corrected chi connectivity index (χ1v) is 7.88. The Morgan fingerprint density at radius 3 is 2.95 bits per heavy atom. The van der Waals surface area contributed by atoms with Crippen LogP contribution < -0.4 is 10.1 Å². The van der Waals surface area contributed by atoms with Gasteiger partial charge in [0.1, 0.15) is 5.75 Å². The van der Waals surface area contributed by atoms with Crippen LogP contribution in [0.3, 0.4) is 0 Å². The van der Waals surface area contributed by atoms with Crippen LogP contribution in [0.15, 0.2) is 24.3 Å². The summed E-state index contributed by atoms with van der Waals surface area (Å²) in [4.78, 5) is 6.29. The average Bonchev–Trinajstić information content (AvgIpc) is 3.23. The summed E-state index contributed by atoms with van der Waals surface area (Å²) in [7, 11) is 3.71. The maximum Gasteiger partial charge on any atom is 0.119 e. The highest BCUT2D eigenvalue weighted by molar-refractivity contribution is 7.11. The first kappa shape index (κ1) is 13.6. The number of benzene rings is 1. The normalized spacial score (nSPS) is 14.5. The summed E-state index contributed by atoms with van der Waals surface area (Å²) < 4.78 is 5.28. The minimum Gasteiger partial charge on any atom is -0.497 e. The van der Waals surface area contributed by atoms with E-state index in [1.54, 1.807) is 7.11 Å². The van der Waals surface area contributed by atoms with E-state index in [1.165, 1.54) is 34.0 Å². The van der Waals surface area contributed by atoms with Crippen LogP contribution in [0.2, 0.25) is 0 Å². The van der Waals surface area contributed by atoms with Crippen LogP contribution in [0.5, 0.6) is 5.75 Å². The molecule has 4 heteroatoms. The number of rotatable bonds is 6. The zero-order valence-corrected chi connectivity index (χ0v) is 12.8. The first-order chi connectivity index (χ1) is 9.80. The zero-order valence-electron chi connectivity index (χ0n) is 12.0. The second-order valence-electron chi connectivity index (χ2n) is 5.25. The molecule has 1 N–H and O–H groups in total. The number of aromatic nitrogens is 1. The summed E-state index contributed by atoms with van der Waals surface area (Å²) in [6.07, 6.45) is 3.50. The lowest BCUT2D eigenvalue weighted by Gasteiger charge is -2.02.